The summed E-state index contributed by atoms with van der Waals surface area (Å²) in [7, 11) is 3.70. The minimum absolute atomic E-state index is 0.169. The van der Waals surface area contributed by atoms with Crippen molar-refractivity contribution in [1.29, 1.82) is 0 Å². The van der Waals surface area contributed by atoms with E-state index < -0.39 is 21.3 Å². The summed E-state index contributed by atoms with van der Waals surface area (Å²) in [6, 6.07) is 12.2. The first-order valence-electron chi connectivity index (χ1n) is 10.5. The van der Waals surface area contributed by atoms with Crippen LogP contribution in [-0.2, 0) is 19.4 Å². The predicted molar refractivity (Wildman–Crippen MR) is 130 cm³/mol. The molecule has 1 amide bonds. The number of rotatable bonds is 9. The molecule has 180 valence electrons. The molecule has 33 heavy (non-hydrogen) atoms. The summed E-state index contributed by atoms with van der Waals surface area (Å²) < 4.78 is 43.9. The topological polar surface area (TPSA) is 66.9 Å². The molecule has 0 spiro atoms. The molecule has 0 fully saturated rings. The van der Waals surface area contributed by atoms with Gasteiger partial charge in [-0.1, -0.05) is 24.3 Å². The minimum atomic E-state index is -3.39. The van der Waals surface area contributed by atoms with Gasteiger partial charge in [0.1, 0.15) is 5.82 Å². The van der Waals surface area contributed by atoms with E-state index in [9.17, 15) is 17.6 Å². The van der Waals surface area contributed by atoms with Crippen molar-refractivity contribution in [3.8, 4) is 0 Å². The molecule has 0 saturated carbocycles. The number of hydrogen-bond acceptors (Lipinski definition) is 5. The van der Waals surface area contributed by atoms with Crippen LogP contribution in [0.1, 0.15) is 25.0 Å². The molecular weight excluding hydrogens is 443 g/mol. The van der Waals surface area contributed by atoms with Gasteiger partial charge in [-0.15, -0.1) is 0 Å². The van der Waals surface area contributed by atoms with Gasteiger partial charge in [-0.2, -0.15) is 0 Å². The molecule has 0 aliphatic rings. The van der Waals surface area contributed by atoms with Crippen LogP contribution < -0.4 is 0 Å². The van der Waals surface area contributed by atoms with Gasteiger partial charge >= 0.3 is 0 Å². The van der Waals surface area contributed by atoms with Gasteiger partial charge in [-0.25, -0.2) is 12.8 Å². The van der Waals surface area contributed by atoms with E-state index in [1.165, 1.54) is 31.4 Å². The normalized spacial score (nSPS) is 13.1. The summed E-state index contributed by atoms with van der Waals surface area (Å²) in [5, 5.41) is 0. The van der Waals surface area contributed by atoms with Crippen LogP contribution in [0.3, 0.4) is 0 Å². The van der Waals surface area contributed by atoms with Gasteiger partial charge in [0.15, 0.2) is 9.84 Å². The van der Waals surface area contributed by atoms with Gasteiger partial charge in [-0.3, -0.25) is 4.79 Å². The lowest BCUT2D eigenvalue weighted by molar-refractivity contribution is -0.123. The first-order chi connectivity index (χ1) is 15.3. The number of halogens is 1. The molecule has 0 bridgehead atoms. The van der Waals surface area contributed by atoms with Crippen LogP contribution in [0.5, 0.6) is 0 Å². The summed E-state index contributed by atoms with van der Waals surface area (Å²) in [5.41, 5.74) is 0.936. The molecule has 2 aromatic carbocycles. The number of hydrogen-bond donors (Lipinski definition) is 0. The third-order valence-corrected chi connectivity index (χ3v) is 6.62. The Hall–Kier alpha value is -2.55. The molecule has 0 N–H and O–H groups in total. The standard InChI is InChI=1S/C25H33FN2O4S/c1-25(2,32-6)23(18-11-13-21(14-12-18)33(7,30)31)22(19-9-8-10-20(26)17-19)24(29)28(5)16-15-27(3)4/h8-14,17H,15-16H2,1-7H3. The number of carbonyl (C=O) groups excluding carboxylic acids is 1. The number of sulfone groups is 1. The maximum Gasteiger partial charge on any atom is 0.254 e. The number of likely N-dealkylation sites (N-methyl/N-ethyl adjacent to an activating group) is 2. The van der Waals surface area contributed by atoms with Crippen LogP contribution in [-0.4, -0.2) is 77.3 Å². The van der Waals surface area contributed by atoms with Crippen molar-refractivity contribution in [3.05, 3.63) is 65.5 Å². The van der Waals surface area contributed by atoms with Gasteiger partial charge in [0.25, 0.3) is 5.91 Å². The highest BCUT2D eigenvalue weighted by atomic mass is 32.2. The van der Waals surface area contributed by atoms with E-state index in [-0.39, 0.29) is 10.8 Å². The summed E-state index contributed by atoms with van der Waals surface area (Å²) in [6.07, 6.45) is 1.14. The van der Waals surface area contributed by atoms with Crippen molar-refractivity contribution in [2.45, 2.75) is 24.3 Å². The molecule has 8 heteroatoms. The Morgan fingerprint density at radius 3 is 2.09 bits per heavy atom. The van der Waals surface area contributed by atoms with Crippen molar-refractivity contribution in [2.24, 2.45) is 0 Å². The first kappa shape index (κ1) is 26.7. The number of amides is 1. The third kappa shape index (κ3) is 6.72. The summed E-state index contributed by atoms with van der Waals surface area (Å²) >= 11 is 0. The number of nitrogens with zero attached hydrogens (tertiary/aromatic N) is 2. The van der Waals surface area contributed by atoms with Crippen LogP contribution in [0.2, 0.25) is 0 Å². The molecule has 0 aliphatic heterocycles. The second kappa shape index (κ2) is 10.6. The van der Waals surface area contributed by atoms with Gasteiger partial charge in [-0.05, 0) is 63.3 Å². The Balaban J connectivity index is 2.83. The molecule has 0 aliphatic carbocycles. The molecular formula is C25H33FN2O4S. The molecule has 6 nitrogen and oxygen atoms in total. The van der Waals surface area contributed by atoms with Crippen molar-refractivity contribution in [2.75, 3.05) is 47.6 Å². The predicted octanol–water partition coefficient (Wildman–Crippen LogP) is 3.59. The molecule has 2 aromatic rings. The second-order valence-electron chi connectivity index (χ2n) is 8.80. The highest BCUT2D eigenvalue weighted by molar-refractivity contribution is 7.90. The SMILES string of the molecule is COC(C)(C)C(=C(C(=O)N(C)CCN(C)C)c1cccc(F)c1)c1ccc(S(C)(=O)=O)cc1. The molecule has 0 aromatic heterocycles. The van der Waals surface area contributed by atoms with Gasteiger partial charge in [0.05, 0.1) is 16.1 Å². The molecule has 0 heterocycles. The van der Waals surface area contributed by atoms with Crippen molar-refractivity contribution < 1.29 is 22.3 Å². The monoisotopic (exact) mass is 476 g/mol. The van der Waals surface area contributed by atoms with Crippen LogP contribution in [0.25, 0.3) is 11.1 Å². The van der Waals surface area contributed by atoms with E-state index in [1.54, 1.807) is 36.2 Å². The van der Waals surface area contributed by atoms with E-state index >= 15 is 0 Å². The van der Waals surface area contributed by atoms with Crippen LogP contribution in [0.15, 0.2) is 53.4 Å². The zero-order valence-electron chi connectivity index (χ0n) is 20.3. The fourth-order valence-corrected chi connectivity index (χ4v) is 4.06. The summed E-state index contributed by atoms with van der Waals surface area (Å²) in [5.74, 6) is -0.745. The number of carbonyl (C=O) groups is 1. The molecule has 0 radical (unpaired) electrons. The number of benzene rings is 2. The van der Waals surface area contributed by atoms with Gasteiger partial charge in [0.2, 0.25) is 0 Å². The fraction of sp³-hybridized carbons (Fsp3) is 0.400. The largest absolute Gasteiger partial charge is 0.374 e. The van der Waals surface area contributed by atoms with Gasteiger partial charge < -0.3 is 14.5 Å². The van der Waals surface area contributed by atoms with Crippen LogP contribution in [0.4, 0.5) is 4.39 Å². The summed E-state index contributed by atoms with van der Waals surface area (Å²) in [6.45, 7) is 4.77. The molecule has 2 rings (SSSR count). The van der Waals surface area contributed by atoms with Crippen molar-refractivity contribution in [1.82, 2.24) is 9.80 Å². The van der Waals surface area contributed by atoms with E-state index in [1.807, 2.05) is 32.8 Å². The third-order valence-electron chi connectivity index (χ3n) is 5.49. The van der Waals surface area contributed by atoms with E-state index in [4.69, 9.17) is 4.74 Å². The van der Waals surface area contributed by atoms with E-state index in [0.29, 0.717) is 35.4 Å². The van der Waals surface area contributed by atoms with Crippen LogP contribution in [0, 0.1) is 5.82 Å². The Bertz CT molecular complexity index is 1120. The zero-order valence-corrected chi connectivity index (χ0v) is 21.2. The summed E-state index contributed by atoms with van der Waals surface area (Å²) in [4.78, 5) is 17.5. The van der Waals surface area contributed by atoms with Crippen molar-refractivity contribution in [3.63, 3.8) is 0 Å². The van der Waals surface area contributed by atoms with Crippen molar-refractivity contribution >= 4 is 26.9 Å². The number of ether oxygens (including phenoxy) is 1. The maximum absolute atomic E-state index is 14.2. The fourth-order valence-electron chi connectivity index (χ4n) is 3.42. The Morgan fingerprint density at radius 1 is 1.00 bits per heavy atom. The lowest BCUT2D eigenvalue weighted by Crippen LogP contribution is -2.36. The molecule has 0 saturated heterocycles. The van der Waals surface area contributed by atoms with Gasteiger partial charge in [0, 0.05) is 39.1 Å². The highest BCUT2D eigenvalue weighted by Crippen LogP contribution is 2.38. The smallest absolute Gasteiger partial charge is 0.254 e. The maximum atomic E-state index is 14.2. The average Bonchev–Trinajstić information content (AvgIpc) is 2.74. The number of methoxy groups -OCH3 is 1. The first-order valence-corrected chi connectivity index (χ1v) is 12.4. The average molecular weight is 477 g/mol. The second-order valence-corrected chi connectivity index (χ2v) is 10.8. The Kier molecular flexibility index (Phi) is 8.57. The Morgan fingerprint density at radius 2 is 1.61 bits per heavy atom. The lowest BCUT2D eigenvalue weighted by Gasteiger charge is -2.31. The highest BCUT2D eigenvalue weighted by Gasteiger charge is 2.32. The molecule has 0 unspecified atom stereocenters. The quantitative estimate of drug-likeness (QED) is 0.409. The minimum Gasteiger partial charge on any atom is -0.374 e. The Labute approximate surface area is 196 Å². The van der Waals surface area contributed by atoms with E-state index in [2.05, 4.69) is 0 Å². The zero-order chi connectivity index (χ0) is 25.0. The lowest BCUT2D eigenvalue weighted by atomic mass is 9.83. The van der Waals surface area contributed by atoms with E-state index in [0.717, 1.165) is 6.26 Å². The van der Waals surface area contributed by atoms with Crippen LogP contribution >= 0.6 is 0 Å². The molecule has 0 atom stereocenters.